The SMILES string of the molecule is C[C@@H](c1ccc(-n2cncn2)cc1)[NH+](C)CN1C(=O)[C@H]2CCCC[C@H]2C1=O. The average Bonchev–Trinajstić information content (AvgIpc) is 3.32. The second kappa shape index (κ2) is 7.23. The van der Waals surface area contributed by atoms with Crippen LogP contribution in [0.1, 0.15) is 44.2 Å². The van der Waals surface area contributed by atoms with Gasteiger partial charge in [0.15, 0.2) is 6.67 Å². The number of nitrogens with zero attached hydrogens (tertiary/aromatic N) is 4. The van der Waals surface area contributed by atoms with Crippen LogP contribution in [0.15, 0.2) is 36.9 Å². The number of carbonyl (C=O) groups is 2. The number of carbonyl (C=O) groups excluding carboxylic acids is 2. The number of amides is 2. The molecule has 4 rings (SSSR count). The van der Waals surface area contributed by atoms with E-state index in [1.54, 1.807) is 11.0 Å². The molecule has 7 nitrogen and oxygen atoms in total. The normalized spacial score (nSPS) is 24.7. The van der Waals surface area contributed by atoms with Crippen molar-refractivity contribution in [2.24, 2.45) is 11.8 Å². The van der Waals surface area contributed by atoms with Crippen LogP contribution < -0.4 is 4.90 Å². The predicted molar refractivity (Wildman–Crippen MR) is 98.8 cm³/mol. The van der Waals surface area contributed by atoms with Crippen molar-refractivity contribution < 1.29 is 14.5 Å². The maximum atomic E-state index is 12.7. The Bertz CT molecular complexity index is 793. The number of hydrogen-bond donors (Lipinski definition) is 1. The van der Waals surface area contributed by atoms with Crippen LogP contribution in [0.5, 0.6) is 0 Å². The molecule has 2 amide bonds. The predicted octanol–water partition coefficient (Wildman–Crippen LogP) is 0.976. The highest BCUT2D eigenvalue weighted by Crippen LogP contribution is 2.37. The highest BCUT2D eigenvalue weighted by Gasteiger charge is 2.49. The molecule has 1 saturated carbocycles. The zero-order chi connectivity index (χ0) is 19.0. The summed E-state index contributed by atoms with van der Waals surface area (Å²) < 4.78 is 1.72. The molecular formula is C20H26N5O2+. The van der Waals surface area contributed by atoms with Gasteiger partial charge in [-0.1, -0.05) is 25.0 Å². The molecule has 1 aromatic carbocycles. The number of aromatic nitrogens is 3. The van der Waals surface area contributed by atoms with E-state index in [0.29, 0.717) is 6.67 Å². The molecular weight excluding hydrogens is 342 g/mol. The summed E-state index contributed by atoms with van der Waals surface area (Å²) in [5, 5.41) is 4.14. The lowest BCUT2D eigenvalue weighted by molar-refractivity contribution is -0.917. The molecule has 1 unspecified atom stereocenters. The van der Waals surface area contributed by atoms with Crippen LogP contribution in [0.25, 0.3) is 5.69 Å². The molecule has 2 aliphatic rings. The molecule has 1 aromatic heterocycles. The molecule has 2 aromatic rings. The lowest BCUT2D eigenvalue weighted by atomic mass is 9.81. The van der Waals surface area contributed by atoms with Gasteiger partial charge in [-0.05, 0) is 31.9 Å². The Hall–Kier alpha value is -2.54. The van der Waals surface area contributed by atoms with E-state index in [0.717, 1.165) is 41.8 Å². The molecule has 1 N–H and O–H groups in total. The molecule has 1 aliphatic carbocycles. The molecule has 2 fully saturated rings. The van der Waals surface area contributed by atoms with E-state index in [2.05, 4.69) is 29.1 Å². The fourth-order valence-corrected chi connectivity index (χ4v) is 4.31. The van der Waals surface area contributed by atoms with E-state index in [1.165, 1.54) is 11.2 Å². The summed E-state index contributed by atoms with van der Waals surface area (Å²) in [5.41, 5.74) is 2.11. The first kappa shape index (κ1) is 17.9. The number of quaternary nitrogens is 1. The van der Waals surface area contributed by atoms with E-state index in [-0.39, 0.29) is 29.7 Å². The van der Waals surface area contributed by atoms with Gasteiger partial charge in [-0.15, -0.1) is 0 Å². The van der Waals surface area contributed by atoms with Crippen LogP contribution in [-0.4, -0.2) is 45.2 Å². The number of hydrogen-bond acceptors (Lipinski definition) is 4. The smallest absolute Gasteiger partial charge is 0.237 e. The van der Waals surface area contributed by atoms with Crippen molar-refractivity contribution in [3.8, 4) is 5.69 Å². The van der Waals surface area contributed by atoms with E-state index < -0.39 is 0 Å². The maximum Gasteiger partial charge on any atom is 0.237 e. The molecule has 1 saturated heterocycles. The Morgan fingerprint density at radius 3 is 2.30 bits per heavy atom. The largest absolute Gasteiger partial charge is 0.314 e. The minimum absolute atomic E-state index is 0.0396. The van der Waals surface area contributed by atoms with E-state index in [4.69, 9.17) is 0 Å². The summed E-state index contributed by atoms with van der Waals surface area (Å²) in [7, 11) is 2.04. The summed E-state index contributed by atoms with van der Waals surface area (Å²) >= 11 is 0. The first-order valence-corrected chi connectivity index (χ1v) is 9.68. The molecule has 1 aliphatic heterocycles. The van der Waals surface area contributed by atoms with Crippen molar-refractivity contribution in [2.45, 2.75) is 38.6 Å². The molecule has 27 heavy (non-hydrogen) atoms. The van der Waals surface area contributed by atoms with E-state index in [1.807, 2.05) is 19.2 Å². The van der Waals surface area contributed by atoms with E-state index >= 15 is 0 Å². The molecule has 0 bridgehead atoms. The number of fused-ring (bicyclic) bond motifs is 1. The lowest BCUT2D eigenvalue weighted by Crippen LogP contribution is -3.10. The fourth-order valence-electron chi connectivity index (χ4n) is 4.31. The van der Waals surface area contributed by atoms with Gasteiger partial charge in [-0.2, -0.15) is 5.10 Å². The average molecular weight is 368 g/mol. The van der Waals surface area contributed by atoms with Gasteiger partial charge in [0.25, 0.3) is 0 Å². The third-order valence-corrected chi connectivity index (χ3v) is 6.16. The van der Waals surface area contributed by atoms with Gasteiger partial charge in [0.2, 0.25) is 11.8 Å². The maximum absolute atomic E-state index is 12.7. The highest BCUT2D eigenvalue weighted by molar-refractivity contribution is 6.05. The number of rotatable bonds is 5. The van der Waals surface area contributed by atoms with Crippen molar-refractivity contribution in [3.63, 3.8) is 0 Å². The number of benzene rings is 1. The van der Waals surface area contributed by atoms with Crippen LogP contribution in [0, 0.1) is 11.8 Å². The molecule has 0 radical (unpaired) electrons. The number of likely N-dealkylation sites (tertiary alicyclic amines) is 1. The van der Waals surface area contributed by atoms with Crippen molar-refractivity contribution in [1.29, 1.82) is 0 Å². The van der Waals surface area contributed by atoms with Crippen LogP contribution in [-0.2, 0) is 9.59 Å². The Balaban J connectivity index is 1.44. The summed E-state index contributed by atoms with van der Waals surface area (Å²) in [4.78, 5) is 32.0. The van der Waals surface area contributed by atoms with Gasteiger partial charge < -0.3 is 4.90 Å². The van der Waals surface area contributed by atoms with Gasteiger partial charge in [0.05, 0.1) is 24.6 Å². The fraction of sp³-hybridized carbons (Fsp3) is 0.500. The zero-order valence-electron chi connectivity index (χ0n) is 15.8. The second-order valence-electron chi connectivity index (χ2n) is 7.76. The molecule has 142 valence electrons. The van der Waals surface area contributed by atoms with Crippen molar-refractivity contribution in [3.05, 3.63) is 42.5 Å². The molecule has 7 heteroatoms. The van der Waals surface area contributed by atoms with Gasteiger partial charge in [0.1, 0.15) is 18.7 Å². The second-order valence-corrected chi connectivity index (χ2v) is 7.76. The summed E-state index contributed by atoms with van der Waals surface area (Å²) in [6.45, 7) is 2.55. The molecule has 4 atom stereocenters. The summed E-state index contributed by atoms with van der Waals surface area (Å²) in [6.07, 6.45) is 7.03. The van der Waals surface area contributed by atoms with Gasteiger partial charge in [-0.25, -0.2) is 14.6 Å². The minimum Gasteiger partial charge on any atom is -0.314 e. The third kappa shape index (κ3) is 3.27. The first-order valence-electron chi connectivity index (χ1n) is 9.68. The van der Waals surface area contributed by atoms with Gasteiger partial charge in [0, 0.05) is 5.56 Å². The van der Waals surface area contributed by atoms with Crippen molar-refractivity contribution in [1.82, 2.24) is 19.7 Å². The van der Waals surface area contributed by atoms with Crippen LogP contribution >= 0.6 is 0 Å². The van der Waals surface area contributed by atoms with Crippen LogP contribution in [0.4, 0.5) is 0 Å². The van der Waals surface area contributed by atoms with Crippen LogP contribution in [0.2, 0.25) is 0 Å². The Kier molecular flexibility index (Phi) is 4.78. The highest BCUT2D eigenvalue weighted by atomic mass is 16.2. The first-order chi connectivity index (χ1) is 13.1. The summed E-state index contributed by atoms with van der Waals surface area (Å²) in [5.74, 6) is -0.0665. The van der Waals surface area contributed by atoms with Gasteiger partial charge >= 0.3 is 0 Å². The van der Waals surface area contributed by atoms with Gasteiger partial charge in [-0.3, -0.25) is 9.59 Å². The van der Waals surface area contributed by atoms with Crippen LogP contribution in [0.3, 0.4) is 0 Å². The quantitative estimate of drug-likeness (QED) is 0.799. The number of imide groups is 1. The number of nitrogens with one attached hydrogen (secondary N) is 1. The minimum atomic E-state index is -0.0729. The standard InChI is InChI=1S/C20H25N5O2/c1-14(15-7-9-16(10-8-15)25-12-21-11-22-25)23(2)13-24-19(26)17-5-3-4-6-18(17)20(24)27/h7-12,14,17-18H,3-6,13H2,1-2H3/p+1/t14-,17-,18+/m0/s1. The van der Waals surface area contributed by atoms with Crippen molar-refractivity contribution in [2.75, 3.05) is 13.7 Å². The summed E-state index contributed by atoms with van der Waals surface area (Å²) in [6, 6.07) is 8.32. The monoisotopic (exact) mass is 368 g/mol. The Morgan fingerprint density at radius 1 is 1.11 bits per heavy atom. The topological polar surface area (TPSA) is 72.5 Å². The molecule has 2 heterocycles. The Labute approximate surface area is 159 Å². The zero-order valence-corrected chi connectivity index (χ0v) is 15.8. The van der Waals surface area contributed by atoms with Crippen molar-refractivity contribution >= 4 is 11.8 Å². The van der Waals surface area contributed by atoms with E-state index in [9.17, 15) is 9.59 Å². The Morgan fingerprint density at radius 2 is 1.74 bits per heavy atom. The third-order valence-electron chi connectivity index (χ3n) is 6.16. The molecule has 0 spiro atoms. The lowest BCUT2D eigenvalue weighted by Gasteiger charge is -2.26.